The molecule has 0 spiro atoms. The number of likely N-dealkylation sites (tertiary alicyclic amines) is 1. The van der Waals surface area contributed by atoms with Crippen LogP contribution in [0.5, 0.6) is 0 Å². The van der Waals surface area contributed by atoms with Gasteiger partial charge >= 0.3 is 0 Å². The molecule has 1 amide bonds. The van der Waals surface area contributed by atoms with Crippen LogP contribution in [0.4, 0.5) is 0 Å². The molecule has 4 heterocycles. The summed E-state index contributed by atoms with van der Waals surface area (Å²) in [6, 6.07) is 6.41. The number of nitriles is 1. The van der Waals surface area contributed by atoms with E-state index >= 15 is 0 Å². The van der Waals surface area contributed by atoms with E-state index in [0.29, 0.717) is 12.5 Å². The third-order valence-corrected chi connectivity index (χ3v) is 5.41. The monoisotopic (exact) mass is 335 g/mol. The Morgan fingerprint density at radius 1 is 1.52 bits per heavy atom. The first-order valence-electron chi connectivity index (χ1n) is 8.68. The minimum atomic E-state index is -0.0676. The maximum atomic E-state index is 12.2. The predicted octanol–water partition coefficient (Wildman–Crippen LogP) is 3.15. The first-order valence-corrected chi connectivity index (χ1v) is 8.68. The number of rotatable bonds is 2. The molecule has 0 radical (unpaired) electrons. The van der Waals surface area contributed by atoms with Crippen LogP contribution in [0.1, 0.15) is 31.5 Å². The molecule has 1 fully saturated rings. The fourth-order valence-corrected chi connectivity index (χ4v) is 4.07. The molecule has 1 aliphatic rings. The summed E-state index contributed by atoms with van der Waals surface area (Å²) < 4.78 is 2.36. The van der Waals surface area contributed by atoms with E-state index in [1.807, 2.05) is 23.4 Å². The van der Waals surface area contributed by atoms with E-state index in [4.69, 9.17) is 5.26 Å². The molecule has 4 rings (SSSR count). The zero-order valence-corrected chi connectivity index (χ0v) is 14.5. The fourth-order valence-electron chi connectivity index (χ4n) is 4.07. The highest BCUT2D eigenvalue weighted by Crippen LogP contribution is 2.35. The molecule has 1 aliphatic heterocycles. The summed E-state index contributed by atoms with van der Waals surface area (Å²) in [6.07, 6.45) is 4.72. The Balaban J connectivity index is 1.82. The topological polar surface area (TPSA) is 77.7 Å². The average Bonchev–Trinajstić information content (AvgIpc) is 3.18. The van der Waals surface area contributed by atoms with Gasteiger partial charge in [0.1, 0.15) is 12.1 Å². The number of nitrogens with one attached hydrogen (secondary N) is 1. The SMILES string of the molecule is Cc1cc2cnc3[nH]ccc3c2n1[C@H]1CN(C(=O)CC#N)CC[C@H]1C. The molecule has 128 valence electrons. The highest BCUT2D eigenvalue weighted by Gasteiger charge is 2.31. The number of fused-ring (bicyclic) bond motifs is 3. The van der Waals surface area contributed by atoms with Gasteiger partial charge in [0, 0.05) is 41.9 Å². The predicted molar refractivity (Wildman–Crippen MR) is 96.0 cm³/mol. The molecule has 2 atom stereocenters. The van der Waals surface area contributed by atoms with Crippen molar-refractivity contribution in [3.8, 4) is 6.07 Å². The van der Waals surface area contributed by atoms with E-state index in [9.17, 15) is 4.79 Å². The Morgan fingerprint density at radius 2 is 2.36 bits per heavy atom. The van der Waals surface area contributed by atoms with Crippen molar-refractivity contribution in [2.75, 3.05) is 13.1 Å². The summed E-state index contributed by atoms with van der Waals surface area (Å²) in [5.41, 5.74) is 3.24. The maximum absolute atomic E-state index is 12.2. The van der Waals surface area contributed by atoms with E-state index in [0.717, 1.165) is 29.4 Å². The summed E-state index contributed by atoms with van der Waals surface area (Å²) >= 11 is 0. The van der Waals surface area contributed by atoms with Gasteiger partial charge in [-0.05, 0) is 31.4 Å². The molecule has 3 aromatic heterocycles. The third kappa shape index (κ3) is 2.47. The van der Waals surface area contributed by atoms with Crippen LogP contribution in [0.2, 0.25) is 0 Å². The summed E-state index contributed by atoms with van der Waals surface area (Å²) in [6.45, 7) is 5.75. The van der Waals surface area contributed by atoms with Gasteiger partial charge in [-0.25, -0.2) is 4.98 Å². The van der Waals surface area contributed by atoms with Crippen LogP contribution >= 0.6 is 0 Å². The number of carbonyl (C=O) groups is 1. The number of hydrogen-bond acceptors (Lipinski definition) is 3. The van der Waals surface area contributed by atoms with E-state index in [1.54, 1.807) is 0 Å². The van der Waals surface area contributed by atoms with E-state index in [2.05, 4.69) is 40.5 Å². The van der Waals surface area contributed by atoms with Gasteiger partial charge in [0.2, 0.25) is 5.91 Å². The Bertz CT molecular complexity index is 992. The minimum Gasteiger partial charge on any atom is -0.346 e. The summed E-state index contributed by atoms with van der Waals surface area (Å²) in [5.74, 6) is 0.393. The lowest BCUT2D eigenvalue weighted by Crippen LogP contribution is -2.44. The van der Waals surface area contributed by atoms with Crippen LogP contribution in [0.25, 0.3) is 21.9 Å². The van der Waals surface area contributed by atoms with Crippen LogP contribution in [-0.4, -0.2) is 38.4 Å². The van der Waals surface area contributed by atoms with Crippen LogP contribution in [0.3, 0.4) is 0 Å². The number of amides is 1. The molecule has 6 nitrogen and oxygen atoms in total. The average molecular weight is 335 g/mol. The van der Waals surface area contributed by atoms with E-state index in [-0.39, 0.29) is 18.4 Å². The molecule has 0 aromatic carbocycles. The van der Waals surface area contributed by atoms with Crippen molar-refractivity contribution in [2.24, 2.45) is 5.92 Å². The molecule has 0 unspecified atom stereocenters. The lowest BCUT2D eigenvalue weighted by atomic mass is 9.92. The fraction of sp³-hybridized carbons (Fsp3) is 0.421. The van der Waals surface area contributed by atoms with Gasteiger partial charge in [0.05, 0.1) is 17.6 Å². The quantitative estimate of drug-likeness (QED) is 0.781. The third-order valence-electron chi connectivity index (χ3n) is 5.41. The molecule has 0 saturated carbocycles. The van der Waals surface area contributed by atoms with Crippen LogP contribution in [0.15, 0.2) is 24.5 Å². The second-order valence-corrected chi connectivity index (χ2v) is 6.97. The second kappa shape index (κ2) is 5.92. The molecular weight excluding hydrogens is 314 g/mol. The summed E-state index contributed by atoms with van der Waals surface area (Å²) in [7, 11) is 0. The van der Waals surface area contributed by atoms with Gasteiger partial charge in [-0.1, -0.05) is 6.92 Å². The highest BCUT2D eigenvalue weighted by atomic mass is 16.2. The maximum Gasteiger partial charge on any atom is 0.236 e. The van der Waals surface area contributed by atoms with Gasteiger partial charge in [-0.3, -0.25) is 4.79 Å². The molecule has 1 saturated heterocycles. The van der Waals surface area contributed by atoms with E-state index in [1.165, 1.54) is 11.2 Å². The van der Waals surface area contributed by atoms with Crippen molar-refractivity contribution in [3.63, 3.8) is 0 Å². The smallest absolute Gasteiger partial charge is 0.236 e. The normalized spacial score (nSPS) is 20.9. The minimum absolute atomic E-state index is 0.0432. The Morgan fingerprint density at radius 3 is 3.16 bits per heavy atom. The van der Waals surface area contributed by atoms with Gasteiger partial charge in [-0.2, -0.15) is 5.26 Å². The van der Waals surface area contributed by atoms with Crippen molar-refractivity contribution in [1.29, 1.82) is 5.26 Å². The Kier molecular flexibility index (Phi) is 3.72. The van der Waals surface area contributed by atoms with E-state index < -0.39 is 0 Å². The van der Waals surface area contributed by atoms with Crippen LogP contribution in [-0.2, 0) is 4.79 Å². The lowest BCUT2D eigenvalue weighted by Gasteiger charge is -2.38. The first-order chi connectivity index (χ1) is 12.1. The number of carbonyl (C=O) groups excluding carboxylic acids is 1. The number of aromatic amines is 1. The van der Waals surface area contributed by atoms with Crippen molar-refractivity contribution >= 4 is 27.8 Å². The van der Waals surface area contributed by atoms with Gasteiger partial charge in [0.25, 0.3) is 0 Å². The molecule has 25 heavy (non-hydrogen) atoms. The number of H-pyrrole nitrogens is 1. The summed E-state index contributed by atoms with van der Waals surface area (Å²) in [5, 5.41) is 11.1. The van der Waals surface area contributed by atoms with Crippen LogP contribution in [0, 0.1) is 24.2 Å². The van der Waals surface area contributed by atoms with Crippen molar-refractivity contribution in [3.05, 3.63) is 30.2 Å². The highest BCUT2D eigenvalue weighted by molar-refractivity contribution is 6.03. The lowest BCUT2D eigenvalue weighted by molar-refractivity contribution is -0.132. The zero-order chi connectivity index (χ0) is 17.6. The second-order valence-electron chi connectivity index (χ2n) is 6.97. The standard InChI is InChI=1S/C19H21N5O/c1-12-5-8-23(17(25)3-6-20)11-16(12)24-13(2)9-14-10-22-19-15(18(14)24)4-7-21-19/h4,7,9-10,12,16H,3,5,8,11H2,1-2H3,(H,21,22)/t12-,16+/m1/s1. The number of pyridine rings is 1. The molecule has 6 heteroatoms. The van der Waals surface area contributed by atoms with Gasteiger partial charge in [0.15, 0.2) is 0 Å². The number of hydrogen-bond donors (Lipinski definition) is 1. The number of nitrogens with zero attached hydrogens (tertiary/aromatic N) is 4. The Labute approximate surface area is 146 Å². The molecule has 1 N–H and O–H groups in total. The molecule has 0 aliphatic carbocycles. The number of aromatic nitrogens is 3. The number of piperidine rings is 1. The van der Waals surface area contributed by atoms with Crippen molar-refractivity contribution in [1.82, 2.24) is 19.4 Å². The summed E-state index contributed by atoms with van der Waals surface area (Å²) in [4.78, 5) is 21.7. The largest absolute Gasteiger partial charge is 0.346 e. The molecule has 3 aromatic rings. The first kappa shape index (κ1) is 15.7. The van der Waals surface area contributed by atoms with Crippen molar-refractivity contribution in [2.45, 2.75) is 32.7 Å². The Hall–Kier alpha value is -2.81. The molecular formula is C19H21N5O. The van der Waals surface area contributed by atoms with Crippen molar-refractivity contribution < 1.29 is 4.79 Å². The molecule has 0 bridgehead atoms. The number of aryl methyl sites for hydroxylation is 1. The van der Waals surface area contributed by atoms with Crippen LogP contribution < -0.4 is 0 Å². The zero-order valence-electron chi connectivity index (χ0n) is 14.5. The van der Waals surface area contributed by atoms with Gasteiger partial charge < -0.3 is 14.5 Å². The van der Waals surface area contributed by atoms with Gasteiger partial charge in [-0.15, -0.1) is 0 Å².